The fourth-order valence-corrected chi connectivity index (χ4v) is 6.32. The number of hydrogen-bond donors (Lipinski definition) is 2. The number of esters is 1. The zero-order valence-electron chi connectivity index (χ0n) is 24.0. The van der Waals surface area contributed by atoms with Crippen LogP contribution in [0.1, 0.15) is 92.8 Å². The van der Waals surface area contributed by atoms with Crippen molar-refractivity contribution in [3.05, 3.63) is 46.9 Å². The standard InChI is InChI=1S/C30H38FN5O5/c1-5-23-22(15-41-35-23)29(38)34-26(18-9-7-16(3)8-10-18)28-32-24-12-11-19(25(31)27(24)33-28)20-13-36(17(4)37)14-21(20)30(39)40-6-2/h11-12,15-16,18,20-21,26H,5-10,13-14H2,1-4H3,(H,32,33)(H,34,38)/t16?,18?,20?,21?,26-/m0/s1. The lowest BCUT2D eigenvalue weighted by molar-refractivity contribution is -0.148. The molecular weight excluding hydrogens is 529 g/mol. The topological polar surface area (TPSA) is 130 Å². The first-order valence-electron chi connectivity index (χ1n) is 14.6. The van der Waals surface area contributed by atoms with Gasteiger partial charge in [-0.25, -0.2) is 9.37 Å². The summed E-state index contributed by atoms with van der Waals surface area (Å²) in [5.74, 6) is -1.48. The van der Waals surface area contributed by atoms with Gasteiger partial charge in [-0.15, -0.1) is 0 Å². The first kappa shape index (κ1) is 28.8. The summed E-state index contributed by atoms with van der Waals surface area (Å²) >= 11 is 0. The molecule has 11 heteroatoms. The Bertz CT molecular complexity index is 1430. The third kappa shape index (κ3) is 5.71. The Morgan fingerprint density at radius 2 is 1.95 bits per heavy atom. The molecule has 0 bridgehead atoms. The number of fused-ring (bicyclic) bond motifs is 1. The maximum atomic E-state index is 16.2. The smallest absolute Gasteiger partial charge is 0.311 e. The van der Waals surface area contributed by atoms with E-state index in [4.69, 9.17) is 14.2 Å². The van der Waals surface area contributed by atoms with Crippen molar-refractivity contribution in [1.82, 2.24) is 25.3 Å². The Kier molecular flexibility index (Phi) is 8.42. The van der Waals surface area contributed by atoms with Gasteiger partial charge in [0.05, 0.1) is 29.8 Å². The lowest BCUT2D eigenvalue weighted by atomic mass is 9.79. The van der Waals surface area contributed by atoms with Crippen LogP contribution in [0.5, 0.6) is 0 Å². The monoisotopic (exact) mass is 567 g/mol. The minimum atomic E-state index is -0.670. The largest absolute Gasteiger partial charge is 0.466 e. The van der Waals surface area contributed by atoms with Gasteiger partial charge in [0.2, 0.25) is 5.91 Å². The number of H-pyrrole nitrogens is 1. The summed E-state index contributed by atoms with van der Waals surface area (Å²) in [6.45, 7) is 7.89. The van der Waals surface area contributed by atoms with Crippen LogP contribution >= 0.6 is 0 Å². The minimum Gasteiger partial charge on any atom is -0.466 e. The highest BCUT2D eigenvalue weighted by Gasteiger charge is 2.42. The number of imidazole rings is 1. The molecule has 1 saturated heterocycles. The fourth-order valence-electron chi connectivity index (χ4n) is 6.32. The number of hydrogen-bond acceptors (Lipinski definition) is 7. The average molecular weight is 568 g/mol. The third-order valence-corrected chi connectivity index (χ3v) is 8.73. The Labute approximate surface area is 238 Å². The maximum Gasteiger partial charge on any atom is 0.311 e. The summed E-state index contributed by atoms with van der Waals surface area (Å²) in [6, 6.07) is 2.94. The highest BCUT2D eigenvalue weighted by molar-refractivity contribution is 5.95. The normalized spacial score (nSPS) is 23.5. The molecule has 1 saturated carbocycles. The van der Waals surface area contributed by atoms with E-state index in [0.717, 1.165) is 25.7 Å². The highest BCUT2D eigenvalue weighted by atomic mass is 19.1. The van der Waals surface area contributed by atoms with Gasteiger partial charge in [0.1, 0.15) is 23.2 Å². The molecule has 220 valence electrons. The van der Waals surface area contributed by atoms with Crippen LogP contribution in [0, 0.1) is 23.6 Å². The van der Waals surface area contributed by atoms with E-state index in [0.29, 0.717) is 40.5 Å². The van der Waals surface area contributed by atoms with Crippen LogP contribution < -0.4 is 5.32 Å². The number of aryl methyl sites for hydroxylation is 1. The molecule has 1 aliphatic carbocycles. The van der Waals surface area contributed by atoms with Gasteiger partial charge in [-0.1, -0.05) is 37.9 Å². The number of benzene rings is 1. The zero-order valence-corrected chi connectivity index (χ0v) is 24.0. The molecule has 2 aromatic heterocycles. The average Bonchev–Trinajstić information content (AvgIpc) is 3.71. The van der Waals surface area contributed by atoms with Crippen molar-refractivity contribution < 1.29 is 28.0 Å². The Morgan fingerprint density at radius 3 is 2.63 bits per heavy atom. The molecule has 0 spiro atoms. The van der Waals surface area contributed by atoms with E-state index in [1.807, 2.05) is 6.92 Å². The molecule has 2 unspecified atom stereocenters. The first-order valence-corrected chi connectivity index (χ1v) is 14.6. The number of rotatable bonds is 8. The van der Waals surface area contributed by atoms with Crippen LogP contribution in [0.2, 0.25) is 0 Å². The van der Waals surface area contributed by atoms with Crippen molar-refractivity contribution >= 4 is 28.8 Å². The summed E-state index contributed by atoms with van der Waals surface area (Å²) < 4.78 is 26.5. The van der Waals surface area contributed by atoms with Crippen LogP contribution in [0.15, 0.2) is 22.9 Å². The second-order valence-electron chi connectivity index (χ2n) is 11.4. The summed E-state index contributed by atoms with van der Waals surface area (Å²) in [5.41, 5.74) is 1.92. The number of nitrogens with one attached hydrogen (secondary N) is 2. The highest BCUT2D eigenvalue weighted by Crippen LogP contribution is 2.39. The molecule has 3 aromatic rings. The van der Waals surface area contributed by atoms with Crippen LogP contribution in [-0.4, -0.2) is 57.5 Å². The summed E-state index contributed by atoms with van der Waals surface area (Å²) in [4.78, 5) is 47.7. The van der Waals surface area contributed by atoms with Gasteiger partial charge in [0, 0.05) is 25.9 Å². The van der Waals surface area contributed by atoms with E-state index >= 15 is 4.39 Å². The van der Waals surface area contributed by atoms with Crippen molar-refractivity contribution in [2.75, 3.05) is 19.7 Å². The van der Waals surface area contributed by atoms with Crippen molar-refractivity contribution in [1.29, 1.82) is 0 Å². The van der Waals surface area contributed by atoms with E-state index in [9.17, 15) is 14.4 Å². The molecule has 0 radical (unpaired) electrons. The first-order chi connectivity index (χ1) is 19.7. The molecule has 2 N–H and O–H groups in total. The van der Waals surface area contributed by atoms with Gasteiger partial charge in [0.25, 0.3) is 5.91 Å². The molecule has 5 rings (SSSR count). The van der Waals surface area contributed by atoms with Crippen molar-refractivity contribution in [2.24, 2.45) is 17.8 Å². The number of halogens is 1. The van der Waals surface area contributed by atoms with Gasteiger partial charge in [-0.3, -0.25) is 14.4 Å². The zero-order chi connectivity index (χ0) is 29.3. The van der Waals surface area contributed by atoms with E-state index in [1.165, 1.54) is 13.2 Å². The molecule has 1 aromatic carbocycles. The Hall–Kier alpha value is -3.76. The lowest BCUT2D eigenvalue weighted by Gasteiger charge is -2.32. The Morgan fingerprint density at radius 1 is 1.20 bits per heavy atom. The quantitative estimate of drug-likeness (QED) is 0.378. The maximum absolute atomic E-state index is 16.2. The number of aromatic amines is 1. The van der Waals surface area contributed by atoms with Gasteiger partial charge in [-0.2, -0.15) is 0 Å². The molecular formula is C30H38FN5O5. The summed E-state index contributed by atoms with van der Waals surface area (Å²) in [6.07, 6.45) is 5.79. The SMILES string of the molecule is CCOC(=O)C1CN(C(C)=O)CC1c1ccc2[nH]c([C@@H](NC(=O)c3conc3CC)C3CCC(C)CC3)nc2c1F. The minimum absolute atomic E-state index is 0.121. The van der Waals surface area contributed by atoms with Gasteiger partial charge in [-0.05, 0) is 49.7 Å². The number of amides is 2. The van der Waals surface area contributed by atoms with Crippen molar-refractivity contribution in [3.63, 3.8) is 0 Å². The van der Waals surface area contributed by atoms with Gasteiger partial charge < -0.3 is 24.5 Å². The molecule has 2 amide bonds. The number of carbonyl (C=O) groups is 3. The van der Waals surface area contributed by atoms with Crippen molar-refractivity contribution in [3.8, 4) is 0 Å². The van der Waals surface area contributed by atoms with Gasteiger partial charge >= 0.3 is 5.97 Å². The molecule has 2 fully saturated rings. The lowest BCUT2D eigenvalue weighted by Crippen LogP contribution is -2.36. The van der Waals surface area contributed by atoms with E-state index in [-0.39, 0.29) is 42.9 Å². The number of carbonyl (C=O) groups excluding carboxylic acids is 3. The van der Waals surface area contributed by atoms with Crippen LogP contribution in [0.3, 0.4) is 0 Å². The number of ether oxygens (including phenoxy) is 1. The second kappa shape index (κ2) is 12.0. The predicted octanol–water partition coefficient (Wildman–Crippen LogP) is 4.67. The predicted molar refractivity (Wildman–Crippen MR) is 148 cm³/mol. The summed E-state index contributed by atoms with van der Waals surface area (Å²) in [5, 5.41) is 7.07. The summed E-state index contributed by atoms with van der Waals surface area (Å²) in [7, 11) is 0. The van der Waals surface area contributed by atoms with Crippen LogP contribution in [-0.2, 0) is 20.7 Å². The molecule has 10 nitrogen and oxygen atoms in total. The third-order valence-electron chi connectivity index (χ3n) is 8.73. The van der Waals surface area contributed by atoms with Gasteiger partial charge in [0.15, 0.2) is 5.82 Å². The van der Waals surface area contributed by atoms with Crippen LogP contribution in [0.4, 0.5) is 4.39 Å². The number of aromatic nitrogens is 3. The number of likely N-dealkylation sites (tertiary alicyclic amines) is 1. The molecule has 3 heterocycles. The number of nitrogens with zero attached hydrogens (tertiary/aromatic N) is 3. The molecule has 3 atom stereocenters. The molecule has 2 aliphatic rings. The fraction of sp³-hybridized carbons (Fsp3) is 0.567. The van der Waals surface area contributed by atoms with E-state index in [2.05, 4.69) is 22.4 Å². The Balaban J connectivity index is 1.49. The van der Waals surface area contributed by atoms with Crippen LogP contribution in [0.25, 0.3) is 11.0 Å². The molecule has 1 aliphatic heterocycles. The molecule has 41 heavy (non-hydrogen) atoms. The van der Waals surface area contributed by atoms with E-state index < -0.39 is 29.7 Å². The van der Waals surface area contributed by atoms with E-state index in [1.54, 1.807) is 24.0 Å². The van der Waals surface area contributed by atoms with Crippen molar-refractivity contribution in [2.45, 2.75) is 71.8 Å². The second-order valence-corrected chi connectivity index (χ2v) is 11.4.